The summed E-state index contributed by atoms with van der Waals surface area (Å²) in [7, 11) is 0. The quantitative estimate of drug-likeness (QED) is 0.699. The standard InChI is InChI=1S/C13H17N3O2/c1-2-15-9-11-5-3-4-6-12(11)18-10-13(17)16-8-7-14/h3-6,15H,2,8-10H2,1H3,(H,16,17). The first-order chi connectivity index (χ1) is 8.77. The van der Waals surface area contributed by atoms with Crippen LogP contribution in [0.1, 0.15) is 12.5 Å². The molecule has 0 saturated heterocycles. The third-order valence-electron chi connectivity index (χ3n) is 2.26. The molecule has 0 spiro atoms. The van der Waals surface area contributed by atoms with Crippen molar-refractivity contribution in [3.8, 4) is 11.8 Å². The number of hydrogen-bond acceptors (Lipinski definition) is 4. The molecular formula is C13H17N3O2. The number of nitrogens with zero attached hydrogens (tertiary/aromatic N) is 1. The Morgan fingerprint density at radius 3 is 2.94 bits per heavy atom. The summed E-state index contributed by atoms with van der Waals surface area (Å²) in [4.78, 5) is 11.3. The van der Waals surface area contributed by atoms with Crippen molar-refractivity contribution in [2.45, 2.75) is 13.5 Å². The first-order valence-corrected chi connectivity index (χ1v) is 5.83. The van der Waals surface area contributed by atoms with Crippen molar-refractivity contribution in [1.82, 2.24) is 10.6 Å². The average Bonchev–Trinajstić information content (AvgIpc) is 2.41. The van der Waals surface area contributed by atoms with Gasteiger partial charge in [-0.25, -0.2) is 0 Å². The van der Waals surface area contributed by atoms with E-state index in [0.29, 0.717) is 12.3 Å². The Morgan fingerprint density at radius 2 is 2.22 bits per heavy atom. The van der Waals surface area contributed by atoms with Gasteiger partial charge in [0.05, 0.1) is 6.07 Å². The summed E-state index contributed by atoms with van der Waals surface area (Å²) in [5, 5.41) is 14.0. The summed E-state index contributed by atoms with van der Waals surface area (Å²) >= 11 is 0. The molecule has 1 aromatic rings. The van der Waals surface area contributed by atoms with E-state index < -0.39 is 0 Å². The highest BCUT2D eigenvalue weighted by molar-refractivity contribution is 5.77. The maximum atomic E-state index is 11.3. The van der Waals surface area contributed by atoms with Gasteiger partial charge in [0.15, 0.2) is 6.61 Å². The van der Waals surface area contributed by atoms with Gasteiger partial charge >= 0.3 is 0 Å². The minimum Gasteiger partial charge on any atom is -0.483 e. The lowest BCUT2D eigenvalue weighted by Gasteiger charge is -2.11. The third kappa shape index (κ3) is 4.85. The maximum Gasteiger partial charge on any atom is 0.258 e. The zero-order chi connectivity index (χ0) is 13.2. The van der Waals surface area contributed by atoms with Gasteiger partial charge in [0, 0.05) is 12.1 Å². The number of para-hydroxylation sites is 1. The number of nitrogens with one attached hydrogen (secondary N) is 2. The fraction of sp³-hybridized carbons (Fsp3) is 0.385. The fourth-order valence-electron chi connectivity index (χ4n) is 1.38. The molecule has 0 radical (unpaired) electrons. The first-order valence-electron chi connectivity index (χ1n) is 5.83. The fourth-order valence-corrected chi connectivity index (χ4v) is 1.38. The van der Waals surface area contributed by atoms with Crippen LogP contribution < -0.4 is 15.4 Å². The van der Waals surface area contributed by atoms with Gasteiger partial charge < -0.3 is 15.4 Å². The van der Waals surface area contributed by atoms with E-state index in [1.54, 1.807) is 0 Å². The molecule has 96 valence electrons. The third-order valence-corrected chi connectivity index (χ3v) is 2.26. The van der Waals surface area contributed by atoms with Crippen molar-refractivity contribution < 1.29 is 9.53 Å². The Morgan fingerprint density at radius 1 is 1.44 bits per heavy atom. The predicted octanol–water partition coefficient (Wildman–Crippen LogP) is 0.815. The monoisotopic (exact) mass is 247 g/mol. The van der Waals surface area contributed by atoms with Crippen LogP contribution in [0.2, 0.25) is 0 Å². The van der Waals surface area contributed by atoms with Crippen LogP contribution in [-0.2, 0) is 11.3 Å². The van der Waals surface area contributed by atoms with Crippen molar-refractivity contribution in [2.75, 3.05) is 19.7 Å². The number of rotatable bonds is 7. The number of amides is 1. The Labute approximate surface area is 107 Å². The van der Waals surface area contributed by atoms with Gasteiger partial charge in [0.2, 0.25) is 0 Å². The molecule has 5 nitrogen and oxygen atoms in total. The molecule has 0 unspecified atom stereocenters. The second-order valence-electron chi connectivity index (χ2n) is 3.61. The van der Waals surface area contributed by atoms with Gasteiger partial charge in [-0.2, -0.15) is 5.26 Å². The minimum absolute atomic E-state index is 0.00122. The van der Waals surface area contributed by atoms with Crippen LogP contribution in [0.5, 0.6) is 5.75 Å². The SMILES string of the molecule is CCNCc1ccccc1OCC(=O)NCC#N. The van der Waals surface area contributed by atoms with Crippen LogP contribution in [0.4, 0.5) is 0 Å². The summed E-state index contributed by atoms with van der Waals surface area (Å²) in [6.45, 7) is 3.52. The van der Waals surface area contributed by atoms with Crippen LogP contribution in [-0.4, -0.2) is 25.6 Å². The van der Waals surface area contributed by atoms with Crippen molar-refractivity contribution in [3.05, 3.63) is 29.8 Å². The van der Waals surface area contributed by atoms with Crippen LogP contribution >= 0.6 is 0 Å². The maximum absolute atomic E-state index is 11.3. The number of carbonyl (C=O) groups is 1. The zero-order valence-corrected chi connectivity index (χ0v) is 10.4. The van der Waals surface area contributed by atoms with Crippen LogP contribution in [0.15, 0.2) is 24.3 Å². The Hall–Kier alpha value is -2.06. The molecule has 0 aliphatic heterocycles. The van der Waals surface area contributed by atoms with E-state index in [4.69, 9.17) is 10.00 Å². The molecule has 0 fully saturated rings. The van der Waals surface area contributed by atoms with Gasteiger partial charge in [-0.15, -0.1) is 0 Å². The molecule has 0 heterocycles. The van der Waals surface area contributed by atoms with Gasteiger partial charge in [0.1, 0.15) is 12.3 Å². The van der Waals surface area contributed by atoms with E-state index in [2.05, 4.69) is 10.6 Å². The lowest BCUT2D eigenvalue weighted by molar-refractivity contribution is -0.122. The number of hydrogen-bond donors (Lipinski definition) is 2. The molecule has 2 N–H and O–H groups in total. The summed E-state index contributed by atoms with van der Waals surface area (Å²) in [5.74, 6) is 0.389. The van der Waals surface area contributed by atoms with Crippen molar-refractivity contribution in [1.29, 1.82) is 5.26 Å². The van der Waals surface area contributed by atoms with Crippen LogP contribution in [0.25, 0.3) is 0 Å². The molecular weight excluding hydrogens is 230 g/mol. The van der Waals surface area contributed by atoms with Gasteiger partial charge in [-0.3, -0.25) is 4.79 Å². The van der Waals surface area contributed by atoms with E-state index in [0.717, 1.165) is 12.1 Å². The first kappa shape index (κ1) is 14.0. The molecule has 0 atom stereocenters. The highest BCUT2D eigenvalue weighted by atomic mass is 16.5. The van der Waals surface area contributed by atoms with E-state index >= 15 is 0 Å². The molecule has 5 heteroatoms. The highest BCUT2D eigenvalue weighted by Crippen LogP contribution is 2.17. The lowest BCUT2D eigenvalue weighted by atomic mass is 10.2. The molecule has 1 aromatic carbocycles. The highest BCUT2D eigenvalue weighted by Gasteiger charge is 2.05. The largest absolute Gasteiger partial charge is 0.483 e. The van der Waals surface area contributed by atoms with Crippen molar-refractivity contribution in [2.24, 2.45) is 0 Å². The molecule has 18 heavy (non-hydrogen) atoms. The van der Waals surface area contributed by atoms with E-state index in [1.165, 1.54) is 0 Å². The van der Waals surface area contributed by atoms with E-state index in [1.807, 2.05) is 37.3 Å². The topological polar surface area (TPSA) is 74.2 Å². The summed E-state index contributed by atoms with van der Waals surface area (Å²) < 4.78 is 5.43. The summed E-state index contributed by atoms with van der Waals surface area (Å²) in [6.07, 6.45) is 0. The van der Waals surface area contributed by atoms with Crippen LogP contribution in [0.3, 0.4) is 0 Å². The van der Waals surface area contributed by atoms with Gasteiger partial charge in [0.25, 0.3) is 5.91 Å². The van der Waals surface area contributed by atoms with Gasteiger partial charge in [-0.1, -0.05) is 25.1 Å². The average molecular weight is 247 g/mol. The molecule has 0 aliphatic carbocycles. The predicted molar refractivity (Wildman–Crippen MR) is 67.9 cm³/mol. The molecule has 0 saturated carbocycles. The minimum atomic E-state index is -0.296. The number of nitriles is 1. The number of carbonyl (C=O) groups excluding carboxylic acids is 1. The normalized spacial score (nSPS) is 9.56. The Kier molecular flexibility index (Phi) is 6.30. The van der Waals surface area contributed by atoms with E-state index in [9.17, 15) is 4.79 Å². The van der Waals surface area contributed by atoms with E-state index in [-0.39, 0.29) is 19.1 Å². The molecule has 0 aromatic heterocycles. The zero-order valence-electron chi connectivity index (χ0n) is 10.4. The number of benzene rings is 1. The number of ether oxygens (including phenoxy) is 1. The van der Waals surface area contributed by atoms with Crippen molar-refractivity contribution >= 4 is 5.91 Å². The molecule has 0 aliphatic rings. The second kappa shape index (κ2) is 8.09. The molecule has 0 bridgehead atoms. The smallest absolute Gasteiger partial charge is 0.258 e. The summed E-state index contributed by atoms with van der Waals surface area (Å²) in [5.41, 5.74) is 1.01. The van der Waals surface area contributed by atoms with Gasteiger partial charge in [-0.05, 0) is 12.6 Å². The van der Waals surface area contributed by atoms with Crippen LogP contribution in [0, 0.1) is 11.3 Å². The molecule has 1 rings (SSSR count). The van der Waals surface area contributed by atoms with Crippen molar-refractivity contribution in [3.63, 3.8) is 0 Å². The molecule has 1 amide bonds. The Bertz CT molecular complexity index is 426. The Balaban J connectivity index is 2.50. The second-order valence-corrected chi connectivity index (χ2v) is 3.61. The lowest BCUT2D eigenvalue weighted by Crippen LogP contribution is -2.29. The summed E-state index contributed by atoms with van der Waals surface area (Å²) in [6, 6.07) is 9.40.